The van der Waals surface area contributed by atoms with E-state index in [9.17, 15) is 4.79 Å². The van der Waals surface area contributed by atoms with Crippen molar-refractivity contribution in [3.8, 4) is 11.1 Å². The van der Waals surface area contributed by atoms with Gasteiger partial charge in [-0.3, -0.25) is 0 Å². The molecule has 0 aliphatic rings. The zero-order chi connectivity index (χ0) is 13.4. The molecule has 0 aliphatic carbocycles. The molecule has 0 amide bonds. The first-order chi connectivity index (χ1) is 9.13. The molecular formula is C16H11BrO2. The highest BCUT2D eigenvalue weighted by atomic mass is 79.9. The van der Waals surface area contributed by atoms with E-state index in [0.717, 1.165) is 26.5 Å². The third kappa shape index (κ3) is 2.34. The Bertz CT molecular complexity index is 818. The molecular weight excluding hydrogens is 304 g/mol. The van der Waals surface area contributed by atoms with Crippen molar-refractivity contribution in [3.05, 3.63) is 69.0 Å². The molecule has 0 saturated heterocycles. The Kier molecular flexibility index (Phi) is 2.99. The molecule has 2 aromatic carbocycles. The zero-order valence-corrected chi connectivity index (χ0v) is 11.9. The van der Waals surface area contributed by atoms with Crippen LogP contribution in [0.15, 0.2) is 62.2 Å². The van der Waals surface area contributed by atoms with Gasteiger partial charge >= 0.3 is 5.63 Å². The highest BCUT2D eigenvalue weighted by Gasteiger charge is 2.08. The van der Waals surface area contributed by atoms with Crippen LogP contribution >= 0.6 is 15.9 Å². The summed E-state index contributed by atoms with van der Waals surface area (Å²) in [6.45, 7) is 2.04. The number of fused-ring (bicyclic) bond motifs is 1. The third-order valence-electron chi connectivity index (χ3n) is 3.04. The lowest BCUT2D eigenvalue weighted by Gasteiger charge is -2.06. The van der Waals surface area contributed by atoms with Gasteiger partial charge in [0.15, 0.2) is 0 Å². The average molecular weight is 315 g/mol. The Morgan fingerprint density at radius 1 is 1.05 bits per heavy atom. The molecule has 0 saturated carbocycles. The van der Waals surface area contributed by atoms with Crippen molar-refractivity contribution in [1.29, 1.82) is 0 Å². The molecule has 0 atom stereocenters. The van der Waals surface area contributed by atoms with Crippen LogP contribution in [-0.2, 0) is 0 Å². The summed E-state index contributed by atoms with van der Waals surface area (Å²) in [5.41, 5.74) is 3.36. The van der Waals surface area contributed by atoms with Gasteiger partial charge in [-0.1, -0.05) is 45.8 Å². The Morgan fingerprint density at radius 2 is 1.89 bits per heavy atom. The van der Waals surface area contributed by atoms with Crippen molar-refractivity contribution < 1.29 is 4.42 Å². The monoisotopic (exact) mass is 314 g/mol. The summed E-state index contributed by atoms with van der Waals surface area (Å²) in [6.07, 6.45) is 0. The van der Waals surface area contributed by atoms with Crippen LogP contribution in [0.4, 0.5) is 0 Å². The van der Waals surface area contributed by atoms with Gasteiger partial charge in [0.05, 0.1) is 0 Å². The topological polar surface area (TPSA) is 30.2 Å². The molecule has 1 aromatic heterocycles. The molecule has 94 valence electrons. The summed E-state index contributed by atoms with van der Waals surface area (Å²) in [6, 6.07) is 15.4. The molecule has 3 rings (SSSR count). The molecule has 0 radical (unpaired) electrons. The van der Waals surface area contributed by atoms with E-state index in [1.54, 1.807) is 6.07 Å². The van der Waals surface area contributed by atoms with Gasteiger partial charge in [0.2, 0.25) is 0 Å². The SMILES string of the molecule is Cc1cccc(-c2cc(=O)oc3cc(Br)ccc23)c1. The van der Waals surface area contributed by atoms with Crippen molar-refractivity contribution in [2.75, 3.05) is 0 Å². The summed E-state index contributed by atoms with van der Waals surface area (Å²) >= 11 is 3.39. The lowest BCUT2D eigenvalue weighted by molar-refractivity contribution is 0.561. The normalized spacial score (nSPS) is 10.8. The first kappa shape index (κ1) is 12.2. The summed E-state index contributed by atoms with van der Waals surface area (Å²) < 4.78 is 6.14. The second-order valence-electron chi connectivity index (χ2n) is 4.49. The summed E-state index contributed by atoms with van der Waals surface area (Å²) in [5, 5.41) is 0.938. The van der Waals surface area contributed by atoms with Gasteiger partial charge in [-0.15, -0.1) is 0 Å². The van der Waals surface area contributed by atoms with E-state index >= 15 is 0 Å². The number of benzene rings is 2. The minimum atomic E-state index is -0.331. The quantitative estimate of drug-likeness (QED) is 0.618. The maximum atomic E-state index is 11.7. The number of halogens is 1. The van der Waals surface area contributed by atoms with E-state index in [2.05, 4.69) is 22.0 Å². The smallest absolute Gasteiger partial charge is 0.336 e. The van der Waals surface area contributed by atoms with Gasteiger partial charge in [0.25, 0.3) is 0 Å². The number of aryl methyl sites for hydroxylation is 1. The third-order valence-corrected chi connectivity index (χ3v) is 3.53. The highest BCUT2D eigenvalue weighted by Crippen LogP contribution is 2.29. The minimum Gasteiger partial charge on any atom is -0.423 e. The van der Waals surface area contributed by atoms with Crippen LogP contribution in [0, 0.1) is 6.92 Å². The fourth-order valence-electron chi connectivity index (χ4n) is 2.19. The molecule has 0 fully saturated rings. The first-order valence-corrected chi connectivity index (χ1v) is 6.73. The van der Waals surface area contributed by atoms with Gasteiger partial charge in [0, 0.05) is 15.9 Å². The zero-order valence-electron chi connectivity index (χ0n) is 10.3. The molecule has 3 heteroatoms. The summed E-state index contributed by atoms with van der Waals surface area (Å²) in [4.78, 5) is 11.7. The largest absolute Gasteiger partial charge is 0.423 e. The minimum absolute atomic E-state index is 0.331. The molecule has 0 aliphatic heterocycles. The van der Waals surface area contributed by atoms with Crippen LogP contribution in [0.2, 0.25) is 0 Å². The molecule has 3 aromatic rings. The summed E-state index contributed by atoms with van der Waals surface area (Å²) in [5.74, 6) is 0. The Labute approximate surface area is 118 Å². The van der Waals surface area contributed by atoms with E-state index in [1.807, 2.05) is 43.3 Å². The molecule has 0 spiro atoms. The number of hydrogen-bond donors (Lipinski definition) is 0. The Balaban J connectivity index is 2.37. The maximum Gasteiger partial charge on any atom is 0.336 e. The van der Waals surface area contributed by atoms with Crippen molar-refractivity contribution in [2.45, 2.75) is 6.92 Å². The van der Waals surface area contributed by atoms with E-state index < -0.39 is 0 Å². The lowest BCUT2D eigenvalue weighted by atomic mass is 10.0. The lowest BCUT2D eigenvalue weighted by Crippen LogP contribution is -1.98. The second kappa shape index (κ2) is 4.67. The van der Waals surface area contributed by atoms with Crippen molar-refractivity contribution >= 4 is 26.9 Å². The fourth-order valence-corrected chi connectivity index (χ4v) is 2.53. The number of hydrogen-bond acceptors (Lipinski definition) is 2. The molecule has 0 unspecified atom stereocenters. The van der Waals surface area contributed by atoms with Crippen LogP contribution in [0.5, 0.6) is 0 Å². The molecule has 2 nitrogen and oxygen atoms in total. The van der Waals surface area contributed by atoms with Crippen LogP contribution in [0.25, 0.3) is 22.1 Å². The van der Waals surface area contributed by atoms with Crippen molar-refractivity contribution in [1.82, 2.24) is 0 Å². The van der Waals surface area contributed by atoms with Gasteiger partial charge in [-0.05, 0) is 36.2 Å². The van der Waals surface area contributed by atoms with Gasteiger partial charge < -0.3 is 4.42 Å². The molecule has 1 heterocycles. The standard InChI is InChI=1S/C16H11BrO2/c1-10-3-2-4-11(7-10)14-9-16(18)19-15-8-12(17)5-6-13(14)15/h2-9H,1H3. The molecule has 0 bridgehead atoms. The van der Waals surface area contributed by atoms with Crippen LogP contribution in [0.1, 0.15) is 5.56 Å². The predicted octanol–water partition coefficient (Wildman–Crippen LogP) is 4.53. The molecule has 19 heavy (non-hydrogen) atoms. The van der Waals surface area contributed by atoms with E-state index in [4.69, 9.17) is 4.42 Å². The fraction of sp³-hybridized carbons (Fsp3) is 0.0625. The maximum absolute atomic E-state index is 11.7. The Hall–Kier alpha value is -1.87. The van der Waals surface area contributed by atoms with Gasteiger partial charge in [-0.25, -0.2) is 4.79 Å². The second-order valence-corrected chi connectivity index (χ2v) is 5.40. The van der Waals surface area contributed by atoms with Crippen LogP contribution in [-0.4, -0.2) is 0 Å². The average Bonchev–Trinajstić information content (AvgIpc) is 2.37. The highest BCUT2D eigenvalue weighted by molar-refractivity contribution is 9.10. The summed E-state index contributed by atoms with van der Waals surface area (Å²) in [7, 11) is 0. The van der Waals surface area contributed by atoms with E-state index in [-0.39, 0.29) is 5.63 Å². The Morgan fingerprint density at radius 3 is 2.68 bits per heavy atom. The van der Waals surface area contributed by atoms with Gasteiger partial charge in [0.1, 0.15) is 5.58 Å². The van der Waals surface area contributed by atoms with Gasteiger partial charge in [-0.2, -0.15) is 0 Å². The van der Waals surface area contributed by atoms with Crippen LogP contribution < -0.4 is 5.63 Å². The molecule has 0 N–H and O–H groups in total. The van der Waals surface area contributed by atoms with E-state index in [0.29, 0.717) is 5.58 Å². The van der Waals surface area contributed by atoms with Crippen LogP contribution in [0.3, 0.4) is 0 Å². The predicted molar refractivity (Wildman–Crippen MR) is 80.4 cm³/mol. The van der Waals surface area contributed by atoms with Crippen molar-refractivity contribution in [3.63, 3.8) is 0 Å². The van der Waals surface area contributed by atoms with E-state index in [1.165, 1.54) is 0 Å². The number of rotatable bonds is 1. The first-order valence-electron chi connectivity index (χ1n) is 5.94. The van der Waals surface area contributed by atoms with Crippen molar-refractivity contribution in [2.24, 2.45) is 0 Å².